The van der Waals surface area contributed by atoms with Crippen LogP contribution < -0.4 is 9.64 Å². The monoisotopic (exact) mass is 438 g/mol. The van der Waals surface area contributed by atoms with Crippen LogP contribution in [0.15, 0.2) is 72.1 Å². The fourth-order valence-electron chi connectivity index (χ4n) is 3.03. The third-order valence-electron chi connectivity index (χ3n) is 4.59. The van der Waals surface area contributed by atoms with Crippen molar-refractivity contribution >= 4 is 44.4 Å². The number of amides is 1. The molecule has 6 nitrogen and oxygen atoms in total. The Bertz CT molecular complexity index is 1060. The summed E-state index contributed by atoms with van der Waals surface area (Å²) in [5.41, 5.74) is 0.924. The van der Waals surface area contributed by atoms with Crippen LogP contribution in [-0.2, 0) is 11.3 Å². The number of para-hydroxylation sites is 1. The van der Waals surface area contributed by atoms with Gasteiger partial charge in [-0.25, -0.2) is 9.97 Å². The van der Waals surface area contributed by atoms with Gasteiger partial charge in [0.15, 0.2) is 5.13 Å². The SMILES string of the molecule is COc1ccc(SCC(=O)N(CCCn2ccnc2)c2nc3ccccc3s2)cc1. The van der Waals surface area contributed by atoms with Gasteiger partial charge in [-0.2, -0.15) is 0 Å². The highest BCUT2D eigenvalue weighted by molar-refractivity contribution is 8.00. The van der Waals surface area contributed by atoms with Gasteiger partial charge in [0, 0.05) is 30.4 Å². The summed E-state index contributed by atoms with van der Waals surface area (Å²) in [6.07, 6.45) is 6.32. The molecule has 0 radical (unpaired) electrons. The van der Waals surface area contributed by atoms with Gasteiger partial charge in [-0.05, 0) is 42.8 Å². The van der Waals surface area contributed by atoms with Crippen molar-refractivity contribution in [2.24, 2.45) is 0 Å². The van der Waals surface area contributed by atoms with Crippen LogP contribution in [0.4, 0.5) is 5.13 Å². The summed E-state index contributed by atoms with van der Waals surface area (Å²) in [6, 6.07) is 15.7. The molecule has 2 heterocycles. The lowest BCUT2D eigenvalue weighted by Gasteiger charge is -2.20. The molecular weight excluding hydrogens is 416 g/mol. The Balaban J connectivity index is 1.46. The van der Waals surface area contributed by atoms with Crippen molar-refractivity contribution in [1.29, 1.82) is 0 Å². The lowest BCUT2D eigenvalue weighted by atomic mass is 10.3. The fraction of sp³-hybridized carbons (Fsp3) is 0.227. The van der Waals surface area contributed by atoms with E-state index in [4.69, 9.17) is 9.72 Å². The summed E-state index contributed by atoms with van der Waals surface area (Å²) in [4.78, 5) is 24.8. The first-order valence-electron chi connectivity index (χ1n) is 9.61. The fourth-order valence-corrected chi connectivity index (χ4v) is 4.81. The number of thiazole rings is 1. The highest BCUT2D eigenvalue weighted by Crippen LogP contribution is 2.30. The van der Waals surface area contributed by atoms with E-state index in [-0.39, 0.29) is 5.91 Å². The van der Waals surface area contributed by atoms with Crippen molar-refractivity contribution in [2.75, 3.05) is 24.3 Å². The minimum atomic E-state index is 0.0560. The molecule has 0 fully saturated rings. The zero-order chi connectivity index (χ0) is 20.8. The Labute approximate surface area is 183 Å². The molecule has 0 saturated carbocycles. The van der Waals surface area contributed by atoms with Gasteiger partial charge in [0.05, 0.1) is 29.4 Å². The number of methoxy groups -OCH3 is 1. The number of benzene rings is 2. The molecule has 0 atom stereocenters. The molecule has 0 saturated heterocycles. The summed E-state index contributed by atoms with van der Waals surface area (Å²) in [7, 11) is 1.64. The molecule has 0 bridgehead atoms. The lowest BCUT2D eigenvalue weighted by molar-refractivity contribution is -0.116. The number of imidazole rings is 1. The largest absolute Gasteiger partial charge is 0.497 e. The number of carbonyl (C=O) groups excluding carboxylic acids is 1. The molecule has 1 amide bonds. The van der Waals surface area contributed by atoms with Gasteiger partial charge in [0.2, 0.25) is 5.91 Å². The number of aromatic nitrogens is 3. The number of rotatable bonds is 9. The van der Waals surface area contributed by atoms with Crippen LogP contribution in [0.3, 0.4) is 0 Å². The zero-order valence-electron chi connectivity index (χ0n) is 16.6. The molecule has 0 aliphatic carbocycles. The van der Waals surface area contributed by atoms with Gasteiger partial charge in [0.25, 0.3) is 0 Å². The maximum Gasteiger partial charge on any atom is 0.239 e. The van der Waals surface area contributed by atoms with Gasteiger partial charge < -0.3 is 9.30 Å². The van der Waals surface area contributed by atoms with Crippen LogP contribution in [0.25, 0.3) is 10.2 Å². The smallest absolute Gasteiger partial charge is 0.239 e. The molecule has 4 rings (SSSR count). The number of nitrogens with zero attached hydrogens (tertiary/aromatic N) is 4. The first kappa shape index (κ1) is 20.4. The highest BCUT2D eigenvalue weighted by atomic mass is 32.2. The topological polar surface area (TPSA) is 60.2 Å². The van der Waals surface area contributed by atoms with E-state index in [9.17, 15) is 4.79 Å². The average Bonchev–Trinajstić information content (AvgIpc) is 3.45. The molecule has 30 heavy (non-hydrogen) atoms. The average molecular weight is 439 g/mol. The summed E-state index contributed by atoms with van der Waals surface area (Å²) >= 11 is 3.08. The number of thioether (sulfide) groups is 1. The molecule has 0 N–H and O–H groups in total. The Morgan fingerprint density at radius 1 is 1.20 bits per heavy atom. The van der Waals surface area contributed by atoms with Crippen LogP contribution >= 0.6 is 23.1 Å². The van der Waals surface area contributed by atoms with E-state index in [0.29, 0.717) is 12.3 Å². The Morgan fingerprint density at radius 3 is 2.77 bits per heavy atom. The standard InChI is InChI=1S/C22H22N4O2S2/c1-28-17-7-9-18(10-8-17)29-15-21(27)26(13-4-12-25-14-11-23-16-25)22-24-19-5-2-3-6-20(19)30-22/h2-3,5-11,14,16H,4,12-13,15H2,1H3. The molecule has 2 aromatic carbocycles. The van der Waals surface area contributed by atoms with Crippen LogP contribution in [-0.4, -0.2) is 39.8 Å². The molecule has 154 valence electrons. The molecular formula is C22H22N4O2S2. The predicted octanol–water partition coefficient (Wildman–Crippen LogP) is 4.72. The van der Waals surface area contributed by atoms with Gasteiger partial charge in [-0.3, -0.25) is 9.69 Å². The molecule has 0 aliphatic heterocycles. The van der Waals surface area contributed by atoms with E-state index in [1.165, 1.54) is 11.8 Å². The van der Waals surface area contributed by atoms with E-state index in [1.54, 1.807) is 31.0 Å². The van der Waals surface area contributed by atoms with Gasteiger partial charge in [-0.1, -0.05) is 23.5 Å². The number of carbonyl (C=O) groups is 1. The Hall–Kier alpha value is -2.84. The second-order valence-corrected chi connectivity index (χ2v) is 8.69. The van der Waals surface area contributed by atoms with Crippen LogP contribution in [0, 0.1) is 0 Å². The molecule has 2 aromatic heterocycles. The third kappa shape index (κ3) is 5.01. The molecule has 0 aliphatic rings. The lowest BCUT2D eigenvalue weighted by Crippen LogP contribution is -2.33. The number of ether oxygens (including phenoxy) is 1. The molecule has 0 spiro atoms. The van der Waals surface area contributed by atoms with E-state index >= 15 is 0 Å². The highest BCUT2D eigenvalue weighted by Gasteiger charge is 2.19. The number of fused-ring (bicyclic) bond motifs is 1. The van der Waals surface area contributed by atoms with Gasteiger partial charge in [0.1, 0.15) is 5.75 Å². The maximum atomic E-state index is 13.1. The molecule has 8 heteroatoms. The van der Waals surface area contributed by atoms with Crippen molar-refractivity contribution in [3.8, 4) is 5.75 Å². The molecule has 0 unspecified atom stereocenters. The first-order chi connectivity index (χ1) is 14.7. The zero-order valence-corrected chi connectivity index (χ0v) is 18.2. The van der Waals surface area contributed by atoms with Crippen molar-refractivity contribution in [3.05, 3.63) is 67.3 Å². The minimum Gasteiger partial charge on any atom is -0.497 e. The minimum absolute atomic E-state index is 0.0560. The summed E-state index contributed by atoms with van der Waals surface area (Å²) in [6.45, 7) is 1.42. The van der Waals surface area contributed by atoms with E-state index in [1.807, 2.05) is 64.2 Å². The van der Waals surface area contributed by atoms with Crippen molar-refractivity contribution in [2.45, 2.75) is 17.9 Å². The Kier molecular flexibility index (Phi) is 6.66. The van der Waals surface area contributed by atoms with E-state index < -0.39 is 0 Å². The predicted molar refractivity (Wildman–Crippen MR) is 123 cm³/mol. The third-order valence-corrected chi connectivity index (χ3v) is 6.65. The van der Waals surface area contributed by atoms with Crippen LogP contribution in [0.2, 0.25) is 0 Å². The van der Waals surface area contributed by atoms with Crippen molar-refractivity contribution in [3.63, 3.8) is 0 Å². The molecule has 4 aromatic rings. The second kappa shape index (κ2) is 9.77. The number of hydrogen-bond donors (Lipinski definition) is 0. The second-order valence-electron chi connectivity index (χ2n) is 6.63. The van der Waals surface area contributed by atoms with Crippen LogP contribution in [0.5, 0.6) is 5.75 Å². The number of anilines is 1. The number of aryl methyl sites for hydroxylation is 1. The number of hydrogen-bond acceptors (Lipinski definition) is 6. The maximum absolute atomic E-state index is 13.1. The summed E-state index contributed by atoms with van der Waals surface area (Å²) < 4.78 is 8.30. The van der Waals surface area contributed by atoms with E-state index in [2.05, 4.69) is 4.98 Å². The van der Waals surface area contributed by atoms with Crippen LogP contribution in [0.1, 0.15) is 6.42 Å². The van der Waals surface area contributed by atoms with Crippen molar-refractivity contribution in [1.82, 2.24) is 14.5 Å². The van der Waals surface area contributed by atoms with Gasteiger partial charge in [-0.15, -0.1) is 11.8 Å². The van der Waals surface area contributed by atoms with E-state index in [0.717, 1.165) is 39.0 Å². The quantitative estimate of drug-likeness (QED) is 0.354. The normalized spacial score (nSPS) is 11.0. The Morgan fingerprint density at radius 2 is 2.03 bits per heavy atom. The van der Waals surface area contributed by atoms with Gasteiger partial charge >= 0.3 is 0 Å². The van der Waals surface area contributed by atoms with Crippen molar-refractivity contribution < 1.29 is 9.53 Å². The first-order valence-corrected chi connectivity index (χ1v) is 11.4. The summed E-state index contributed by atoms with van der Waals surface area (Å²) in [5.74, 6) is 1.22. The summed E-state index contributed by atoms with van der Waals surface area (Å²) in [5, 5.41) is 0.752.